The molecule has 5 nitrogen and oxygen atoms in total. The first-order valence-corrected chi connectivity index (χ1v) is 6.22. The molecule has 0 radical (unpaired) electrons. The van der Waals surface area contributed by atoms with E-state index in [1.54, 1.807) is 0 Å². The lowest BCUT2D eigenvalue weighted by molar-refractivity contribution is -0.138. The number of carbonyl (C=O) groups excluding carboxylic acids is 1. The summed E-state index contributed by atoms with van der Waals surface area (Å²) in [5.74, 6) is 0.287. The maximum absolute atomic E-state index is 11.9. The number of hydrogen-bond acceptors (Lipinski definition) is 2. The first-order chi connectivity index (χ1) is 7.95. The van der Waals surface area contributed by atoms with Crippen LogP contribution in [0, 0.1) is 11.8 Å². The van der Waals surface area contributed by atoms with Crippen LogP contribution in [-0.4, -0.2) is 41.1 Å². The molecule has 1 fully saturated rings. The van der Waals surface area contributed by atoms with Crippen LogP contribution in [-0.2, 0) is 4.79 Å². The Morgan fingerprint density at radius 3 is 2.53 bits per heavy atom. The molecule has 17 heavy (non-hydrogen) atoms. The highest BCUT2D eigenvalue weighted by Gasteiger charge is 2.33. The van der Waals surface area contributed by atoms with Crippen molar-refractivity contribution < 1.29 is 14.7 Å². The Morgan fingerprint density at radius 2 is 2.12 bits per heavy atom. The van der Waals surface area contributed by atoms with Gasteiger partial charge in [0.05, 0.1) is 0 Å². The van der Waals surface area contributed by atoms with Gasteiger partial charge in [0.15, 0.2) is 0 Å². The highest BCUT2D eigenvalue weighted by Crippen LogP contribution is 2.36. The largest absolute Gasteiger partial charge is 0.480 e. The number of rotatable bonds is 6. The predicted octanol–water partition coefficient (Wildman–Crippen LogP) is 1.54. The lowest BCUT2D eigenvalue weighted by atomic mass is 10.2. The van der Waals surface area contributed by atoms with Gasteiger partial charge < -0.3 is 15.3 Å². The van der Waals surface area contributed by atoms with Crippen LogP contribution in [0.25, 0.3) is 0 Å². The fourth-order valence-electron chi connectivity index (χ4n) is 1.80. The molecule has 0 heterocycles. The van der Waals surface area contributed by atoms with Crippen molar-refractivity contribution in [2.24, 2.45) is 11.8 Å². The van der Waals surface area contributed by atoms with E-state index in [1.807, 2.05) is 13.8 Å². The highest BCUT2D eigenvalue weighted by atomic mass is 16.4. The second kappa shape index (κ2) is 5.89. The van der Waals surface area contributed by atoms with Crippen LogP contribution in [0.3, 0.4) is 0 Å². The Balaban J connectivity index is 2.43. The minimum Gasteiger partial charge on any atom is -0.480 e. The summed E-state index contributed by atoms with van der Waals surface area (Å²) in [4.78, 5) is 24.0. The second-order valence-electron chi connectivity index (χ2n) is 4.94. The molecule has 0 aromatic carbocycles. The summed E-state index contributed by atoms with van der Waals surface area (Å²) in [7, 11) is 0. The quantitative estimate of drug-likeness (QED) is 0.742. The Labute approximate surface area is 102 Å². The van der Waals surface area contributed by atoms with Crippen molar-refractivity contribution in [1.82, 2.24) is 10.2 Å². The van der Waals surface area contributed by atoms with E-state index in [-0.39, 0.29) is 18.6 Å². The molecule has 5 heteroatoms. The molecule has 0 aromatic heterocycles. The van der Waals surface area contributed by atoms with Crippen LogP contribution >= 0.6 is 0 Å². The highest BCUT2D eigenvalue weighted by molar-refractivity contribution is 5.80. The molecule has 1 aliphatic rings. The molecule has 3 unspecified atom stereocenters. The molecule has 0 bridgehead atoms. The number of nitrogens with one attached hydrogen (secondary N) is 1. The number of aliphatic carboxylic acids is 1. The monoisotopic (exact) mass is 242 g/mol. The van der Waals surface area contributed by atoms with Crippen LogP contribution in [0.5, 0.6) is 0 Å². The third kappa shape index (κ3) is 4.24. The fourth-order valence-corrected chi connectivity index (χ4v) is 1.80. The van der Waals surface area contributed by atoms with Gasteiger partial charge in [0.25, 0.3) is 0 Å². The molecule has 0 aromatic rings. The van der Waals surface area contributed by atoms with Crippen molar-refractivity contribution in [3.63, 3.8) is 0 Å². The van der Waals surface area contributed by atoms with Gasteiger partial charge in [-0.05, 0) is 31.6 Å². The molecule has 1 aliphatic carbocycles. The van der Waals surface area contributed by atoms with Crippen LogP contribution < -0.4 is 5.32 Å². The summed E-state index contributed by atoms with van der Waals surface area (Å²) in [5.41, 5.74) is 0. The van der Waals surface area contributed by atoms with Crippen LogP contribution in [0.2, 0.25) is 0 Å². The lowest BCUT2D eigenvalue weighted by Gasteiger charge is -2.27. The fraction of sp³-hybridized carbons (Fsp3) is 0.833. The van der Waals surface area contributed by atoms with Crippen LogP contribution in [0.15, 0.2) is 0 Å². The number of amides is 2. The van der Waals surface area contributed by atoms with E-state index in [0.717, 1.165) is 12.8 Å². The van der Waals surface area contributed by atoms with Gasteiger partial charge in [-0.15, -0.1) is 0 Å². The van der Waals surface area contributed by atoms with E-state index in [9.17, 15) is 9.59 Å². The van der Waals surface area contributed by atoms with Crippen molar-refractivity contribution in [1.29, 1.82) is 0 Å². The van der Waals surface area contributed by atoms with E-state index in [2.05, 4.69) is 12.2 Å². The first-order valence-electron chi connectivity index (χ1n) is 6.22. The summed E-state index contributed by atoms with van der Waals surface area (Å²) in [6.07, 6.45) is 1.91. The molecule has 0 spiro atoms. The predicted molar refractivity (Wildman–Crippen MR) is 64.8 cm³/mol. The van der Waals surface area contributed by atoms with Crippen molar-refractivity contribution in [2.45, 2.75) is 39.7 Å². The molecule has 0 aliphatic heterocycles. The van der Waals surface area contributed by atoms with Gasteiger partial charge in [0, 0.05) is 12.6 Å². The van der Waals surface area contributed by atoms with E-state index < -0.39 is 5.97 Å². The average molecular weight is 242 g/mol. The van der Waals surface area contributed by atoms with Crippen molar-refractivity contribution in [3.8, 4) is 0 Å². The molecule has 1 saturated carbocycles. The number of carboxylic acid groups (broad SMARTS) is 1. The van der Waals surface area contributed by atoms with E-state index >= 15 is 0 Å². The number of carbonyl (C=O) groups is 2. The van der Waals surface area contributed by atoms with E-state index in [4.69, 9.17) is 5.11 Å². The Bertz CT molecular complexity index is 293. The maximum Gasteiger partial charge on any atom is 0.323 e. The molecular formula is C12H22N2O3. The summed E-state index contributed by atoms with van der Waals surface area (Å²) in [5, 5.41) is 11.6. The van der Waals surface area contributed by atoms with Crippen LogP contribution in [0.4, 0.5) is 4.79 Å². The number of nitrogens with zero attached hydrogens (tertiary/aromatic N) is 1. The van der Waals surface area contributed by atoms with Gasteiger partial charge in [-0.3, -0.25) is 4.79 Å². The molecule has 2 amide bonds. The number of hydrogen-bond donors (Lipinski definition) is 2. The lowest BCUT2D eigenvalue weighted by Crippen LogP contribution is -2.47. The first kappa shape index (κ1) is 13.8. The average Bonchev–Trinajstić information content (AvgIpc) is 2.97. The molecule has 98 valence electrons. The summed E-state index contributed by atoms with van der Waals surface area (Å²) in [6, 6.07) is -0.316. The Morgan fingerprint density at radius 1 is 1.53 bits per heavy atom. The van der Waals surface area contributed by atoms with E-state index in [0.29, 0.717) is 18.4 Å². The van der Waals surface area contributed by atoms with Crippen molar-refractivity contribution >= 4 is 12.0 Å². The zero-order valence-corrected chi connectivity index (χ0v) is 10.8. The molecule has 3 atom stereocenters. The maximum atomic E-state index is 11.9. The summed E-state index contributed by atoms with van der Waals surface area (Å²) >= 11 is 0. The van der Waals surface area contributed by atoms with Gasteiger partial charge in [-0.2, -0.15) is 0 Å². The van der Waals surface area contributed by atoms with Gasteiger partial charge in [-0.25, -0.2) is 4.79 Å². The zero-order valence-electron chi connectivity index (χ0n) is 10.8. The van der Waals surface area contributed by atoms with Gasteiger partial charge in [0.2, 0.25) is 0 Å². The zero-order chi connectivity index (χ0) is 13.0. The minimum absolute atomic E-state index is 0.0530. The van der Waals surface area contributed by atoms with Gasteiger partial charge >= 0.3 is 12.0 Å². The third-order valence-corrected chi connectivity index (χ3v) is 3.48. The standard InChI is InChI=1S/C12H22N2O3/c1-4-9(3)14(7-11(15)16)12(17)13-6-10-5-8(10)2/h8-10H,4-7H2,1-3H3,(H,13,17)(H,15,16). The molecular weight excluding hydrogens is 220 g/mol. The van der Waals surface area contributed by atoms with E-state index in [1.165, 1.54) is 4.90 Å². The normalized spacial score (nSPS) is 23.9. The topological polar surface area (TPSA) is 69.6 Å². The molecule has 2 N–H and O–H groups in total. The number of carboxylic acids is 1. The summed E-state index contributed by atoms with van der Waals surface area (Å²) < 4.78 is 0. The van der Waals surface area contributed by atoms with Crippen molar-refractivity contribution in [3.05, 3.63) is 0 Å². The van der Waals surface area contributed by atoms with Gasteiger partial charge in [-0.1, -0.05) is 13.8 Å². The smallest absolute Gasteiger partial charge is 0.323 e. The second-order valence-corrected chi connectivity index (χ2v) is 4.94. The van der Waals surface area contributed by atoms with Gasteiger partial charge in [0.1, 0.15) is 6.54 Å². The minimum atomic E-state index is -0.972. The van der Waals surface area contributed by atoms with Crippen LogP contribution in [0.1, 0.15) is 33.6 Å². The Hall–Kier alpha value is -1.26. The molecule has 1 rings (SSSR count). The summed E-state index contributed by atoms with van der Waals surface area (Å²) in [6.45, 7) is 6.38. The van der Waals surface area contributed by atoms with Crippen molar-refractivity contribution in [2.75, 3.05) is 13.1 Å². The number of urea groups is 1. The Kier molecular flexibility index (Phi) is 4.78. The SMILES string of the molecule is CCC(C)N(CC(=O)O)C(=O)NCC1CC1C. The molecule has 0 saturated heterocycles. The third-order valence-electron chi connectivity index (χ3n) is 3.48.